The van der Waals surface area contributed by atoms with Crippen molar-refractivity contribution in [2.75, 3.05) is 13.1 Å². The summed E-state index contributed by atoms with van der Waals surface area (Å²) in [5.41, 5.74) is 1.81. The van der Waals surface area contributed by atoms with Crippen LogP contribution in [0.25, 0.3) is 0 Å². The van der Waals surface area contributed by atoms with E-state index in [1.807, 2.05) is 45.0 Å². The highest BCUT2D eigenvalue weighted by molar-refractivity contribution is 5.75. The Morgan fingerprint density at radius 2 is 1.67 bits per heavy atom. The molecular formula is C19H29NO4. The minimum Gasteiger partial charge on any atom is -0.461 e. The molecule has 134 valence electrons. The summed E-state index contributed by atoms with van der Waals surface area (Å²) in [5.74, 6) is -0.677. The second kappa shape index (κ2) is 8.83. The average Bonchev–Trinajstić information content (AvgIpc) is 2.45. The number of benzene rings is 1. The smallest absolute Gasteiger partial charge is 0.320 e. The zero-order valence-corrected chi connectivity index (χ0v) is 15.5. The van der Waals surface area contributed by atoms with Crippen molar-refractivity contribution in [3.63, 3.8) is 0 Å². The summed E-state index contributed by atoms with van der Waals surface area (Å²) >= 11 is 0. The monoisotopic (exact) mass is 335 g/mol. The van der Waals surface area contributed by atoms with E-state index in [9.17, 15) is 9.59 Å². The summed E-state index contributed by atoms with van der Waals surface area (Å²) in [5, 5.41) is 2.75. The van der Waals surface area contributed by atoms with Crippen LogP contribution in [0.1, 0.15) is 51.7 Å². The second-order valence-electron chi connectivity index (χ2n) is 7.03. The minimum absolute atomic E-state index is 0.0197. The Bertz CT molecular complexity index is 563. The first kappa shape index (κ1) is 20.2. The molecule has 0 amide bonds. The summed E-state index contributed by atoms with van der Waals surface area (Å²) in [6, 6.07) is 8.06. The first-order chi connectivity index (χ1) is 11.1. The molecule has 1 N–H and O–H groups in total. The van der Waals surface area contributed by atoms with Crippen molar-refractivity contribution in [2.24, 2.45) is 0 Å². The number of rotatable bonds is 7. The molecule has 1 aromatic carbocycles. The van der Waals surface area contributed by atoms with Crippen LogP contribution in [0.2, 0.25) is 0 Å². The number of carbonyl (C=O) groups excluding carboxylic acids is 2. The normalized spacial score (nSPS) is 13.9. The minimum atomic E-state index is -0.531. The van der Waals surface area contributed by atoms with E-state index in [1.165, 1.54) is 11.1 Å². The molecule has 5 heteroatoms. The maximum atomic E-state index is 11.9. The Morgan fingerprint density at radius 3 is 2.25 bits per heavy atom. The molecule has 0 heterocycles. The Morgan fingerprint density at radius 1 is 1.08 bits per heavy atom. The zero-order chi connectivity index (χ0) is 18.3. The molecule has 1 rings (SSSR count). The van der Waals surface area contributed by atoms with Crippen molar-refractivity contribution < 1.29 is 19.1 Å². The van der Waals surface area contributed by atoms with Crippen LogP contribution in [0.3, 0.4) is 0 Å². The SMILES string of the molecule is Cc1ccccc1[C@@H](C)[C@H](C)OC(=O)CNCC(=O)OC(C)(C)C. The van der Waals surface area contributed by atoms with E-state index >= 15 is 0 Å². The third kappa shape index (κ3) is 7.13. The number of ether oxygens (including phenoxy) is 2. The van der Waals surface area contributed by atoms with Crippen molar-refractivity contribution in [3.8, 4) is 0 Å². The fourth-order valence-electron chi connectivity index (χ4n) is 2.35. The molecule has 0 radical (unpaired) electrons. The lowest BCUT2D eigenvalue weighted by Crippen LogP contribution is -2.35. The molecule has 0 aliphatic carbocycles. The van der Waals surface area contributed by atoms with Gasteiger partial charge in [0.15, 0.2) is 0 Å². The number of hydrogen-bond donors (Lipinski definition) is 1. The van der Waals surface area contributed by atoms with E-state index in [0.29, 0.717) is 0 Å². The quantitative estimate of drug-likeness (QED) is 0.776. The highest BCUT2D eigenvalue weighted by Gasteiger charge is 2.20. The Kier molecular flexibility index (Phi) is 7.42. The fraction of sp³-hybridized carbons (Fsp3) is 0.579. The molecule has 2 atom stereocenters. The van der Waals surface area contributed by atoms with Crippen molar-refractivity contribution in [1.29, 1.82) is 0 Å². The van der Waals surface area contributed by atoms with E-state index in [4.69, 9.17) is 9.47 Å². The van der Waals surface area contributed by atoms with Gasteiger partial charge in [0.25, 0.3) is 0 Å². The molecule has 0 unspecified atom stereocenters. The first-order valence-corrected chi connectivity index (χ1v) is 8.27. The topological polar surface area (TPSA) is 64.6 Å². The van der Waals surface area contributed by atoms with Crippen molar-refractivity contribution in [3.05, 3.63) is 35.4 Å². The Balaban J connectivity index is 2.39. The van der Waals surface area contributed by atoms with Gasteiger partial charge < -0.3 is 9.47 Å². The van der Waals surface area contributed by atoms with Gasteiger partial charge in [0.2, 0.25) is 0 Å². The Hall–Kier alpha value is -1.88. The predicted octanol–water partition coefficient (Wildman–Crippen LogP) is 2.96. The largest absolute Gasteiger partial charge is 0.461 e. The molecule has 1 aromatic rings. The van der Waals surface area contributed by atoms with Crippen LogP contribution >= 0.6 is 0 Å². The van der Waals surface area contributed by atoms with Crippen LogP contribution in [0.4, 0.5) is 0 Å². The summed E-state index contributed by atoms with van der Waals surface area (Å²) in [6.45, 7) is 11.3. The third-order valence-corrected chi connectivity index (χ3v) is 3.66. The van der Waals surface area contributed by atoms with E-state index < -0.39 is 11.6 Å². The van der Waals surface area contributed by atoms with Gasteiger partial charge in [-0.2, -0.15) is 0 Å². The molecule has 0 bridgehead atoms. The van der Waals surface area contributed by atoms with Gasteiger partial charge in [-0.25, -0.2) is 0 Å². The molecule has 0 aliphatic rings. The van der Waals surface area contributed by atoms with Gasteiger partial charge in [0.05, 0.1) is 13.1 Å². The molecular weight excluding hydrogens is 306 g/mol. The first-order valence-electron chi connectivity index (χ1n) is 8.27. The van der Waals surface area contributed by atoms with Crippen molar-refractivity contribution >= 4 is 11.9 Å². The predicted molar refractivity (Wildman–Crippen MR) is 93.9 cm³/mol. The summed E-state index contributed by atoms with van der Waals surface area (Å²) in [7, 11) is 0. The number of esters is 2. The van der Waals surface area contributed by atoms with Crippen molar-refractivity contribution in [1.82, 2.24) is 5.32 Å². The van der Waals surface area contributed by atoms with Gasteiger partial charge in [0, 0.05) is 5.92 Å². The number of nitrogens with one attached hydrogen (secondary N) is 1. The lowest BCUT2D eigenvalue weighted by molar-refractivity contribution is -0.154. The summed E-state index contributed by atoms with van der Waals surface area (Å²) in [4.78, 5) is 23.5. The number of hydrogen-bond acceptors (Lipinski definition) is 5. The van der Waals surface area contributed by atoms with Gasteiger partial charge in [-0.05, 0) is 45.7 Å². The number of aryl methyl sites for hydroxylation is 1. The molecule has 0 saturated carbocycles. The van der Waals surface area contributed by atoms with Crippen LogP contribution < -0.4 is 5.32 Å². The molecule has 0 saturated heterocycles. The van der Waals surface area contributed by atoms with E-state index in [-0.39, 0.29) is 31.1 Å². The van der Waals surface area contributed by atoms with E-state index in [0.717, 1.165) is 0 Å². The fourth-order valence-corrected chi connectivity index (χ4v) is 2.35. The molecule has 0 spiro atoms. The maximum absolute atomic E-state index is 11.9. The van der Waals surface area contributed by atoms with Crippen LogP contribution in [0.15, 0.2) is 24.3 Å². The average molecular weight is 335 g/mol. The molecule has 0 fully saturated rings. The van der Waals surface area contributed by atoms with Crippen LogP contribution in [-0.2, 0) is 19.1 Å². The molecule has 5 nitrogen and oxygen atoms in total. The van der Waals surface area contributed by atoms with Crippen LogP contribution in [-0.4, -0.2) is 36.7 Å². The van der Waals surface area contributed by atoms with Crippen molar-refractivity contribution in [2.45, 2.75) is 59.2 Å². The van der Waals surface area contributed by atoms with Gasteiger partial charge >= 0.3 is 11.9 Å². The highest BCUT2D eigenvalue weighted by atomic mass is 16.6. The number of carbonyl (C=O) groups is 2. The second-order valence-corrected chi connectivity index (χ2v) is 7.03. The Labute approximate surface area is 144 Å². The lowest BCUT2D eigenvalue weighted by Gasteiger charge is -2.22. The summed E-state index contributed by atoms with van der Waals surface area (Å²) < 4.78 is 10.6. The van der Waals surface area contributed by atoms with Crippen LogP contribution in [0.5, 0.6) is 0 Å². The van der Waals surface area contributed by atoms with E-state index in [1.54, 1.807) is 20.8 Å². The standard InChI is InChI=1S/C19H29NO4/c1-13-9-7-8-10-16(13)14(2)15(3)23-17(21)11-20-12-18(22)24-19(4,5)6/h7-10,14-15,20H,11-12H2,1-6H3/t14-,15-/m0/s1. The maximum Gasteiger partial charge on any atom is 0.320 e. The van der Waals surface area contributed by atoms with Gasteiger partial charge in [-0.15, -0.1) is 0 Å². The summed E-state index contributed by atoms with van der Waals surface area (Å²) in [6.07, 6.45) is -0.248. The van der Waals surface area contributed by atoms with E-state index in [2.05, 4.69) is 5.32 Å². The lowest BCUT2D eigenvalue weighted by atomic mass is 9.92. The van der Waals surface area contributed by atoms with Gasteiger partial charge in [-0.1, -0.05) is 31.2 Å². The zero-order valence-electron chi connectivity index (χ0n) is 15.5. The van der Waals surface area contributed by atoms with Gasteiger partial charge in [0.1, 0.15) is 11.7 Å². The molecule has 24 heavy (non-hydrogen) atoms. The molecule has 0 aromatic heterocycles. The molecule has 0 aliphatic heterocycles. The van der Waals surface area contributed by atoms with Crippen LogP contribution in [0, 0.1) is 6.92 Å². The highest BCUT2D eigenvalue weighted by Crippen LogP contribution is 2.24. The van der Waals surface area contributed by atoms with Gasteiger partial charge in [-0.3, -0.25) is 14.9 Å². The third-order valence-electron chi connectivity index (χ3n) is 3.66.